The first-order valence-electron chi connectivity index (χ1n) is 6.15. The highest BCUT2D eigenvalue weighted by atomic mass is 32.2. The highest BCUT2D eigenvalue weighted by Gasteiger charge is 2.43. The Balaban J connectivity index is 4.51. The van der Waals surface area contributed by atoms with Crippen molar-refractivity contribution < 1.29 is 18.3 Å². The summed E-state index contributed by atoms with van der Waals surface area (Å²) in [7, 11) is -3.03. The second-order valence-electron chi connectivity index (χ2n) is 5.63. The molecule has 0 aliphatic heterocycles. The monoisotopic (exact) mass is 279 g/mol. The van der Waals surface area contributed by atoms with Crippen LogP contribution in [0.4, 0.5) is 0 Å². The van der Waals surface area contributed by atoms with E-state index in [1.165, 1.54) is 0 Å². The summed E-state index contributed by atoms with van der Waals surface area (Å²) >= 11 is 0. The average Bonchev–Trinajstić information content (AvgIpc) is 2.15. The lowest BCUT2D eigenvalue weighted by Gasteiger charge is -2.39. The highest BCUT2D eigenvalue weighted by Crippen LogP contribution is 2.30. The molecule has 0 heterocycles. The molecule has 0 aliphatic carbocycles. The zero-order valence-electron chi connectivity index (χ0n) is 11.9. The molecular formula is C12H25NO4S. The average molecular weight is 279 g/mol. The molecular weight excluding hydrogens is 254 g/mol. The van der Waals surface area contributed by atoms with Gasteiger partial charge in [0.05, 0.1) is 11.2 Å². The summed E-state index contributed by atoms with van der Waals surface area (Å²) in [6.07, 6.45) is 0.604. The third-order valence-corrected chi connectivity index (χ3v) is 5.45. The smallest absolute Gasteiger partial charge is 0.310 e. The van der Waals surface area contributed by atoms with Crippen molar-refractivity contribution >= 4 is 15.8 Å². The lowest BCUT2D eigenvalue weighted by Crippen LogP contribution is -2.56. The summed E-state index contributed by atoms with van der Waals surface area (Å²) in [5.41, 5.74) is -1.65. The molecule has 0 saturated heterocycles. The number of carboxylic acid groups (broad SMARTS) is 1. The summed E-state index contributed by atoms with van der Waals surface area (Å²) in [5.74, 6) is -0.686. The van der Waals surface area contributed by atoms with Crippen LogP contribution in [0.25, 0.3) is 0 Å². The van der Waals surface area contributed by atoms with E-state index in [0.717, 1.165) is 0 Å². The van der Waals surface area contributed by atoms with Gasteiger partial charge >= 0.3 is 5.97 Å². The number of hydrogen-bond acceptors (Lipinski definition) is 4. The summed E-state index contributed by atoms with van der Waals surface area (Å²) in [4.78, 5) is 11.2. The Morgan fingerprint density at radius 1 is 1.17 bits per heavy atom. The van der Waals surface area contributed by atoms with E-state index in [1.54, 1.807) is 27.7 Å². The minimum atomic E-state index is -3.03. The van der Waals surface area contributed by atoms with Crippen molar-refractivity contribution in [3.05, 3.63) is 0 Å². The van der Waals surface area contributed by atoms with Gasteiger partial charge in [-0.15, -0.1) is 0 Å². The predicted octanol–water partition coefficient (Wildman–Crippen LogP) is 1.29. The van der Waals surface area contributed by atoms with Crippen molar-refractivity contribution in [2.24, 2.45) is 5.41 Å². The van der Waals surface area contributed by atoms with E-state index in [0.29, 0.717) is 6.42 Å². The first kappa shape index (κ1) is 17.4. The molecule has 6 heteroatoms. The second kappa shape index (κ2) is 6.02. The zero-order chi connectivity index (χ0) is 14.6. The van der Waals surface area contributed by atoms with Gasteiger partial charge in [-0.2, -0.15) is 0 Å². The van der Waals surface area contributed by atoms with E-state index in [-0.39, 0.29) is 18.1 Å². The van der Waals surface area contributed by atoms with Crippen LogP contribution in [-0.2, 0) is 14.6 Å². The van der Waals surface area contributed by atoms with E-state index < -0.39 is 26.8 Å². The topological polar surface area (TPSA) is 83.5 Å². The van der Waals surface area contributed by atoms with Gasteiger partial charge < -0.3 is 10.4 Å². The Labute approximate surface area is 110 Å². The number of hydrogen-bond donors (Lipinski definition) is 2. The van der Waals surface area contributed by atoms with Crippen LogP contribution in [-0.4, -0.2) is 43.1 Å². The van der Waals surface area contributed by atoms with Crippen LogP contribution >= 0.6 is 0 Å². The summed E-state index contributed by atoms with van der Waals surface area (Å²) < 4.78 is 23.1. The minimum Gasteiger partial charge on any atom is -0.481 e. The molecule has 0 rings (SSSR count). The maximum atomic E-state index is 11.5. The van der Waals surface area contributed by atoms with Gasteiger partial charge in [0.1, 0.15) is 0 Å². The number of carbonyl (C=O) groups is 1. The molecule has 108 valence electrons. The van der Waals surface area contributed by atoms with Gasteiger partial charge in [-0.3, -0.25) is 4.79 Å². The van der Waals surface area contributed by atoms with Crippen LogP contribution in [0, 0.1) is 5.41 Å². The molecule has 0 saturated carbocycles. The molecule has 0 bridgehead atoms. The molecule has 0 aromatic carbocycles. The van der Waals surface area contributed by atoms with Crippen LogP contribution in [0.3, 0.4) is 0 Å². The van der Waals surface area contributed by atoms with E-state index in [2.05, 4.69) is 5.32 Å². The fourth-order valence-corrected chi connectivity index (χ4v) is 2.66. The maximum absolute atomic E-state index is 11.5. The molecule has 0 aliphatic rings. The van der Waals surface area contributed by atoms with Gasteiger partial charge in [-0.1, -0.05) is 6.92 Å². The largest absolute Gasteiger partial charge is 0.481 e. The van der Waals surface area contributed by atoms with Crippen LogP contribution in [0.2, 0.25) is 0 Å². The summed E-state index contributed by atoms with van der Waals surface area (Å²) in [6, 6.07) is 0. The zero-order valence-corrected chi connectivity index (χ0v) is 12.7. The van der Waals surface area contributed by atoms with Crippen molar-refractivity contribution in [3.63, 3.8) is 0 Å². The van der Waals surface area contributed by atoms with Crippen LogP contribution in [0.1, 0.15) is 41.0 Å². The van der Waals surface area contributed by atoms with E-state index in [4.69, 9.17) is 5.11 Å². The van der Waals surface area contributed by atoms with Gasteiger partial charge in [0.25, 0.3) is 0 Å². The summed E-state index contributed by atoms with van der Waals surface area (Å²) in [6.45, 7) is 8.89. The first-order chi connectivity index (χ1) is 7.96. The third-order valence-electron chi connectivity index (χ3n) is 3.59. The van der Waals surface area contributed by atoms with Crippen molar-refractivity contribution in [2.45, 2.75) is 46.6 Å². The van der Waals surface area contributed by atoms with Gasteiger partial charge in [0, 0.05) is 17.8 Å². The Hall–Kier alpha value is -0.620. The first-order valence-corrected chi connectivity index (χ1v) is 7.97. The Kier molecular flexibility index (Phi) is 5.81. The maximum Gasteiger partial charge on any atom is 0.310 e. The normalized spacial score (nSPS) is 13.6. The molecule has 5 nitrogen and oxygen atoms in total. The molecule has 0 unspecified atom stereocenters. The van der Waals surface area contributed by atoms with Crippen molar-refractivity contribution in [1.82, 2.24) is 5.32 Å². The van der Waals surface area contributed by atoms with Gasteiger partial charge in [0.15, 0.2) is 9.84 Å². The molecule has 0 fully saturated rings. The molecule has 0 aromatic rings. The van der Waals surface area contributed by atoms with Gasteiger partial charge in [-0.25, -0.2) is 8.42 Å². The van der Waals surface area contributed by atoms with Gasteiger partial charge in [-0.05, 0) is 34.1 Å². The Bertz CT molecular complexity index is 385. The van der Waals surface area contributed by atoms with Crippen LogP contribution < -0.4 is 5.32 Å². The van der Waals surface area contributed by atoms with E-state index >= 15 is 0 Å². The minimum absolute atomic E-state index is 0.0416. The van der Waals surface area contributed by atoms with Crippen molar-refractivity contribution in [2.75, 3.05) is 18.1 Å². The second-order valence-corrected chi connectivity index (χ2v) is 7.94. The fraction of sp³-hybridized carbons (Fsp3) is 0.917. The molecule has 2 N–H and O–H groups in total. The predicted molar refractivity (Wildman–Crippen MR) is 72.4 cm³/mol. The molecule has 0 atom stereocenters. The fourth-order valence-electron chi connectivity index (χ4n) is 1.42. The highest BCUT2D eigenvalue weighted by molar-refractivity contribution is 7.91. The summed E-state index contributed by atoms with van der Waals surface area (Å²) in [5, 5.41) is 12.2. The Morgan fingerprint density at radius 3 is 2.06 bits per heavy atom. The molecule has 18 heavy (non-hydrogen) atoms. The van der Waals surface area contributed by atoms with Gasteiger partial charge in [0.2, 0.25) is 0 Å². The van der Waals surface area contributed by atoms with Crippen LogP contribution in [0.15, 0.2) is 0 Å². The quantitative estimate of drug-likeness (QED) is 0.699. The molecule has 0 radical (unpaired) electrons. The molecule has 0 spiro atoms. The third kappa shape index (κ3) is 4.57. The van der Waals surface area contributed by atoms with E-state index in [9.17, 15) is 13.2 Å². The van der Waals surface area contributed by atoms with Crippen molar-refractivity contribution in [3.8, 4) is 0 Å². The number of carboxylic acids is 1. The van der Waals surface area contributed by atoms with Crippen molar-refractivity contribution in [1.29, 1.82) is 0 Å². The number of rotatable bonds is 8. The molecule has 0 aromatic heterocycles. The number of nitrogens with one attached hydrogen (secondary N) is 1. The Morgan fingerprint density at radius 2 is 1.67 bits per heavy atom. The standard InChI is InChI=1S/C12H25NO4S/c1-6-8-18(16,17)9-7-13-12(4,5)11(2,3)10(14)15/h13H,6-9H2,1-5H3,(H,14,15). The molecule has 0 amide bonds. The lowest BCUT2D eigenvalue weighted by molar-refractivity contribution is -0.151. The van der Waals surface area contributed by atoms with Crippen LogP contribution in [0.5, 0.6) is 0 Å². The number of aliphatic carboxylic acids is 1. The SMILES string of the molecule is CCCS(=O)(=O)CCNC(C)(C)C(C)(C)C(=O)O. The lowest BCUT2D eigenvalue weighted by atomic mass is 9.74. The number of sulfone groups is 1. The van der Waals surface area contributed by atoms with E-state index in [1.807, 2.05) is 6.92 Å².